The molecule has 100 valence electrons. The fourth-order valence-corrected chi connectivity index (χ4v) is 1.68. The number of carboxylic acid groups (broad SMARTS) is 1. The quantitative estimate of drug-likeness (QED) is 0.717. The second kappa shape index (κ2) is 6.96. The predicted octanol–water partition coefficient (Wildman–Crippen LogP) is 1.93. The first kappa shape index (κ1) is 14.4. The van der Waals surface area contributed by atoms with Gasteiger partial charge in [0, 0.05) is 25.3 Å². The van der Waals surface area contributed by atoms with Crippen LogP contribution in [0.5, 0.6) is 0 Å². The van der Waals surface area contributed by atoms with Crippen LogP contribution in [0.1, 0.15) is 32.0 Å². The van der Waals surface area contributed by atoms with E-state index in [9.17, 15) is 4.79 Å². The largest absolute Gasteiger partial charge is 0.480 e. The maximum absolute atomic E-state index is 10.7. The Bertz CT molecular complexity index is 401. The van der Waals surface area contributed by atoms with Gasteiger partial charge in [0.1, 0.15) is 0 Å². The molecule has 1 heterocycles. The molecule has 0 amide bonds. The van der Waals surface area contributed by atoms with E-state index < -0.39 is 5.97 Å². The van der Waals surface area contributed by atoms with Gasteiger partial charge in [-0.25, -0.2) is 0 Å². The van der Waals surface area contributed by atoms with Crippen molar-refractivity contribution in [3.8, 4) is 0 Å². The Kier molecular flexibility index (Phi) is 5.58. The maximum Gasteiger partial charge on any atom is 0.317 e. The van der Waals surface area contributed by atoms with Gasteiger partial charge in [-0.05, 0) is 19.4 Å². The number of hydrogen-bond acceptors (Lipinski definition) is 3. The topological polar surface area (TPSA) is 58.4 Å². The standard InChI is InChI=1S/C13H21N3O2/c1-4-7-15(10-13(17)18)9-12-6-8-16(14-12)11(3)5-2/h4,6,8,11H,1,5,7,9-10H2,2-3H3,(H,17,18). The van der Waals surface area contributed by atoms with Crippen LogP contribution in [-0.4, -0.2) is 38.8 Å². The van der Waals surface area contributed by atoms with E-state index in [1.165, 1.54) is 0 Å². The summed E-state index contributed by atoms with van der Waals surface area (Å²) in [5, 5.41) is 13.3. The molecule has 0 aromatic carbocycles. The smallest absolute Gasteiger partial charge is 0.317 e. The second-order valence-electron chi connectivity index (χ2n) is 4.40. The Morgan fingerprint density at radius 2 is 2.44 bits per heavy atom. The highest BCUT2D eigenvalue weighted by Crippen LogP contribution is 2.10. The monoisotopic (exact) mass is 251 g/mol. The minimum atomic E-state index is -0.835. The first-order valence-corrected chi connectivity index (χ1v) is 6.15. The van der Waals surface area contributed by atoms with Crippen LogP contribution >= 0.6 is 0 Å². The molecule has 1 atom stereocenters. The molecule has 1 rings (SSSR count). The Balaban J connectivity index is 2.65. The van der Waals surface area contributed by atoms with Crippen molar-refractivity contribution in [3.63, 3.8) is 0 Å². The molecule has 0 spiro atoms. The van der Waals surface area contributed by atoms with Crippen molar-refractivity contribution in [2.24, 2.45) is 0 Å². The van der Waals surface area contributed by atoms with Crippen molar-refractivity contribution < 1.29 is 9.90 Å². The zero-order chi connectivity index (χ0) is 13.5. The summed E-state index contributed by atoms with van der Waals surface area (Å²) in [6, 6.07) is 2.30. The van der Waals surface area contributed by atoms with Gasteiger partial charge in [0.25, 0.3) is 0 Å². The summed E-state index contributed by atoms with van der Waals surface area (Å²) in [6.07, 6.45) is 4.66. The minimum absolute atomic E-state index is 0.00219. The molecule has 5 heteroatoms. The van der Waals surface area contributed by atoms with Gasteiger partial charge in [0.15, 0.2) is 0 Å². The van der Waals surface area contributed by atoms with Crippen LogP contribution in [0.2, 0.25) is 0 Å². The molecule has 0 aliphatic carbocycles. The lowest BCUT2D eigenvalue weighted by Gasteiger charge is -2.16. The Labute approximate surface area is 108 Å². The lowest BCUT2D eigenvalue weighted by atomic mass is 10.3. The third kappa shape index (κ3) is 4.33. The van der Waals surface area contributed by atoms with Crippen LogP contribution in [0, 0.1) is 0 Å². The van der Waals surface area contributed by atoms with Crippen LogP contribution in [0.4, 0.5) is 0 Å². The molecule has 0 aliphatic heterocycles. The third-order valence-corrected chi connectivity index (χ3v) is 2.84. The molecule has 0 aliphatic rings. The Morgan fingerprint density at radius 1 is 1.72 bits per heavy atom. The van der Waals surface area contributed by atoms with Crippen LogP contribution in [-0.2, 0) is 11.3 Å². The maximum atomic E-state index is 10.7. The fraction of sp³-hybridized carbons (Fsp3) is 0.538. The van der Waals surface area contributed by atoms with E-state index in [1.54, 1.807) is 11.0 Å². The van der Waals surface area contributed by atoms with E-state index in [0.717, 1.165) is 12.1 Å². The first-order chi connectivity index (χ1) is 8.56. The van der Waals surface area contributed by atoms with Gasteiger partial charge in [-0.2, -0.15) is 5.10 Å². The highest BCUT2D eigenvalue weighted by Gasteiger charge is 2.11. The van der Waals surface area contributed by atoms with E-state index in [1.807, 2.05) is 16.9 Å². The molecule has 0 fully saturated rings. The summed E-state index contributed by atoms with van der Waals surface area (Å²) in [4.78, 5) is 12.5. The predicted molar refractivity (Wildman–Crippen MR) is 70.3 cm³/mol. The Hall–Kier alpha value is -1.62. The van der Waals surface area contributed by atoms with Crippen molar-refractivity contribution in [2.45, 2.75) is 32.9 Å². The van der Waals surface area contributed by atoms with Gasteiger partial charge >= 0.3 is 5.97 Å². The van der Waals surface area contributed by atoms with Crippen LogP contribution in [0.3, 0.4) is 0 Å². The van der Waals surface area contributed by atoms with Crippen molar-refractivity contribution in [1.82, 2.24) is 14.7 Å². The fourth-order valence-electron chi connectivity index (χ4n) is 1.68. The summed E-state index contributed by atoms with van der Waals surface area (Å²) in [5.74, 6) is -0.835. The summed E-state index contributed by atoms with van der Waals surface area (Å²) >= 11 is 0. The van der Waals surface area contributed by atoms with Crippen molar-refractivity contribution in [2.75, 3.05) is 13.1 Å². The zero-order valence-corrected chi connectivity index (χ0v) is 11.0. The first-order valence-electron chi connectivity index (χ1n) is 6.15. The highest BCUT2D eigenvalue weighted by molar-refractivity contribution is 5.69. The van der Waals surface area contributed by atoms with Gasteiger partial charge in [-0.15, -0.1) is 6.58 Å². The molecule has 1 aromatic rings. The van der Waals surface area contributed by atoms with Crippen LogP contribution in [0.25, 0.3) is 0 Å². The lowest BCUT2D eigenvalue weighted by Crippen LogP contribution is -2.29. The number of rotatable bonds is 8. The van der Waals surface area contributed by atoms with E-state index in [-0.39, 0.29) is 6.54 Å². The van der Waals surface area contributed by atoms with Crippen LogP contribution in [0.15, 0.2) is 24.9 Å². The van der Waals surface area contributed by atoms with Gasteiger partial charge in [0.2, 0.25) is 0 Å². The molecular formula is C13H21N3O2. The Morgan fingerprint density at radius 3 is 3.00 bits per heavy atom. The molecule has 18 heavy (non-hydrogen) atoms. The molecule has 0 saturated heterocycles. The van der Waals surface area contributed by atoms with Crippen LogP contribution < -0.4 is 0 Å². The molecular weight excluding hydrogens is 230 g/mol. The van der Waals surface area contributed by atoms with E-state index in [0.29, 0.717) is 19.1 Å². The number of aliphatic carboxylic acids is 1. The van der Waals surface area contributed by atoms with Crippen molar-refractivity contribution in [3.05, 3.63) is 30.6 Å². The molecule has 1 unspecified atom stereocenters. The number of aromatic nitrogens is 2. The van der Waals surface area contributed by atoms with Gasteiger partial charge in [-0.3, -0.25) is 14.4 Å². The van der Waals surface area contributed by atoms with E-state index in [4.69, 9.17) is 5.11 Å². The zero-order valence-electron chi connectivity index (χ0n) is 11.0. The van der Waals surface area contributed by atoms with Crippen molar-refractivity contribution >= 4 is 5.97 Å². The molecule has 0 saturated carbocycles. The summed E-state index contributed by atoms with van der Waals surface area (Å²) < 4.78 is 1.92. The average Bonchev–Trinajstić information content (AvgIpc) is 2.76. The molecule has 0 bridgehead atoms. The lowest BCUT2D eigenvalue weighted by molar-refractivity contribution is -0.138. The molecule has 5 nitrogen and oxygen atoms in total. The normalized spacial score (nSPS) is 12.6. The third-order valence-electron chi connectivity index (χ3n) is 2.84. The minimum Gasteiger partial charge on any atom is -0.480 e. The molecule has 1 aromatic heterocycles. The summed E-state index contributed by atoms with van der Waals surface area (Å²) in [7, 11) is 0. The van der Waals surface area contributed by atoms with E-state index >= 15 is 0 Å². The SMILES string of the molecule is C=CCN(CC(=O)O)Cc1ccn(C(C)CC)n1. The summed E-state index contributed by atoms with van der Waals surface area (Å²) in [6.45, 7) is 8.93. The highest BCUT2D eigenvalue weighted by atomic mass is 16.4. The number of hydrogen-bond donors (Lipinski definition) is 1. The molecule has 0 radical (unpaired) electrons. The van der Waals surface area contributed by atoms with Gasteiger partial charge in [-0.1, -0.05) is 13.0 Å². The van der Waals surface area contributed by atoms with Crippen molar-refractivity contribution in [1.29, 1.82) is 0 Å². The second-order valence-corrected chi connectivity index (χ2v) is 4.40. The van der Waals surface area contributed by atoms with Gasteiger partial charge in [0.05, 0.1) is 12.2 Å². The number of carbonyl (C=O) groups is 1. The van der Waals surface area contributed by atoms with E-state index in [2.05, 4.69) is 25.5 Å². The average molecular weight is 251 g/mol. The summed E-state index contributed by atoms with van der Waals surface area (Å²) in [5.41, 5.74) is 0.887. The molecule has 1 N–H and O–H groups in total. The number of nitrogens with zero attached hydrogens (tertiary/aromatic N) is 3. The number of carboxylic acids is 1. The van der Waals surface area contributed by atoms with Gasteiger partial charge < -0.3 is 5.11 Å².